The molecule has 1 heterocycles. The van der Waals surface area contributed by atoms with Crippen LogP contribution in [0, 0.1) is 5.82 Å². The normalized spacial score (nSPS) is 10.2. The van der Waals surface area contributed by atoms with Gasteiger partial charge in [-0.15, -0.1) is 10.2 Å². The molecule has 0 atom stereocenters. The maximum absolute atomic E-state index is 12.7. The summed E-state index contributed by atoms with van der Waals surface area (Å²) in [6.45, 7) is 0. The van der Waals surface area contributed by atoms with Gasteiger partial charge >= 0.3 is 0 Å². The second-order valence-corrected chi connectivity index (χ2v) is 2.73. The molecule has 0 aliphatic carbocycles. The topological polar surface area (TPSA) is 76.2 Å². The Bertz CT molecular complexity index is 510. The van der Waals surface area contributed by atoms with E-state index in [9.17, 15) is 9.18 Å². The van der Waals surface area contributed by atoms with E-state index >= 15 is 0 Å². The fourth-order valence-electron chi connectivity index (χ4n) is 1.04. The Morgan fingerprint density at radius 2 is 2.20 bits per heavy atom. The summed E-state index contributed by atoms with van der Waals surface area (Å²) in [6.07, 6.45) is 0.403. The SMILES string of the molecule is O=Cc1nnc(-c2ccc(F)c(O)c2)o1. The van der Waals surface area contributed by atoms with E-state index in [4.69, 9.17) is 9.52 Å². The number of hydrogen-bond acceptors (Lipinski definition) is 5. The van der Waals surface area contributed by atoms with Gasteiger partial charge in [-0.3, -0.25) is 4.79 Å². The molecule has 0 spiro atoms. The fourth-order valence-corrected chi connectivity index (χ4v) is 1.04. The summed E-state index contributed by atoms with van der Waals surface area (Å²) in [7, 11) is 0. The van der Waals surface area contributed by atoms with Gasteiger partial charge in [-0.25, -0.2) is 4.39 Å². The number of rotatable bonds is 2. The van der Waals surface area contributed by atoms with E-state index in [1.165, 1.54) is 6.07 Å². The lowest BCUT2D eigenvalue weighted by atomic mass is 10.2. The third kappa shape index (κ3) is 1.69. The van der Waals surface area contributed by atoms with Crippen LogP contribution >= 0.6 is 0 Å². The largest absolute Gasteiger partial charge is 0.505 e. The van der Waals surface area contributed by atoms with Crippen molar-refractivity contribution in [3.63, 3.8) is 0 Å². The molecular weight excluding hydrogens is 203 g/mol. The minimum absolute atomic E-state index is 0.0485. The second-order valence-electron chi connectivity index (χ2n) is 2.73. The monoisotopic (exact) mass is 208 g/mol. The first kappa shape index (κ1) is 9.32. The zero-order valence-corrected chi connectivity index (χ0v) is 7.35. The molecule has 0 aliphatic rings. The minimum Gasteiger partial charge on any atom is -0.505 e. The Morgan fingerprint density at radius 3 is 2.80 bits per heavy atom. The van der Waals surface area contributed by atoms with Gasteiger partial charge in [0.15, 0.2) is 11.6 Å². The third-order valence-electron chi connectivity index (χ3n) is 1.73. The summed E-state index contributed by atoms with van der Waals surface area (Å²) >= 11 is 0. The predicted molar refractivity (Wildman–Crippen MR) is 46.7 cm³/mol. The highest BCUT2D eigenvalue weighted by Gasteiger charge is 2.10. The molecule has 0 radical (unpaired) electrons. The van der Waals surface area contributed by atoms with E-state index in [1.807, 2.05) is 0 Å². The van der Waals surface area contributed by atoms with Crippen LogP contribution in [0.25, 0.3) is 11.5 Å². The van der Waals surface area contributed by atoms with Crippen LogP contribution in [-0.2, 0) is 0 Å². The van der Waals surface area contributed by atoms with Crippen LogP contribution in [-0.4, -0.2) is 21.6 Å². The molecule has 76 valence electrons. The molecule has 0 saturated heterocycles. The number of hydrogen-bond donors (Lipinski definition) is 1. The zero-order chi connectivity index (χ0) is 10.8. The molecule has 0 fully saturated rings. The van der Waals surface area contributed by atoms with Crippen LogP contribution in [0.5, 0.6) is 5.75 Å². The van der Waals surface area contributed by atoms with Crippen LogP contribution < -0.4 is 0 Å². The molecule has 1 aromatic carbocycles. The Kier molecular flexibility index (Phi) is 2.17. The van der Waals surface area contributed by atoms with Gasteiger partial charge in [0.25, 0.3) is 5.89 Å². The van der Waals surface area contributed by atoms with Crippen molar-refractivity contribution in [2.45, 2.75) is 0 Å². The molecule has 2 rings (SSSR count). The number of nitrogens with zero attached hydrogens (tertiary/aromatic N) is 2. The molecule has 0 saturated carbocycles. The van der Waals surface area contributed by atoms with Gasteiger partial charge in [0.2, 0.25) is 12.2 Å². The fraction of sp³-hybridized carbons (Fsp3) is 0. The molecule has 5 nitrogen and oxygen atoms in total. The second kappa shape index (κ2) is 3.49. The summed E-state index contributed by atoms with van der Waals surface area (Å²) in [4.78, 5) is 10.3. The van der Waals surface area contributed by atoms with Gasteiger partial charge in [-0.1, -0.05) is 0 Å². The van der Waals surface area contributed by atoms with Crippen LogP contribution in [0.1, 0.15) is 10.7 Å². The number of aromatic nitrogens is 2. The van der Waals surface area contributed by atoms with Gasteiger partial charge in [-0.2, -0.15) is 0 Å². The van der Waals surface area contributed by atoms with E-state index < -0.39 is 11.6 Å². The van der Waals surface area contributed by atoms with Gasteiger partial charge in [0.05, 0.1) is 0 Å². The molecule has 0 bridgehead atoms. The van der Waals surface area contributed by atoms with Crippen LogP contribution in [0.2, 0.25) is 0 Å². The molecule has 1 N–H and O–H groups in total. The van der Waals surface area contributed by atoms with Gasteiger partial charge in [0, 0.05) is 5.56 Å². The Labute approximate surface area is 83.2 Å². The lowest BCUT2D eigenvalue weighted by molar-refractivity contribution is 0.109. The number of phenolic OH excluding ortho intramolecular Hbond substituents is 1. The van der Waals surface area contributed by atoms with E-state index in [0.29, 0.717) is 11.8 Å². The number of carbonyl (C=O) groups excluding carboxylic acids is 1. The molecule has 0 aliphatic heterocycles. The van der Waals surface area contributed by atoms with Gasteiger partial charge in [-0.05, 0) is 18.2 Å². The first-order chi connectivity index (χ1) is 7.20. The number of benzene rings is 1. The van der Waals surface area contributed by atoms with E-state index in [1.54, 1.807) is 0 Å². The van der Waals surface area contributed by atoms with E-state index in [0.717, 1.165) is 12.1 Å². The Morgan fingerprint density at radius 1 is 1.40 bits per heavy atom. The maximum atomic E-state index is 12.7. The Balaban J connectivity index is 2.44. The number of carbonyl (C=O) groups is 1. The first-order valence-corrected chi connectivity index (χ1v) is 3.98. The highest BCUT2D eigenvalue weighted by molar-refractivity contribution is 5.68. The summed E-state index contributed by atoms with van der Waals surface area (Å²) < 4.78 is 17.6. The minimum atomic E-state index is -0.742. The third-order valence-corrected chi connectivity index (χ3v) is 1.73. The molecular formula is C9H5FN2O3. The molecule has 15 heavy (non-hydrogen) atoms. The van der Waals surface area contributed by atoms with Crippen molar-refractivity contribution in [1.82, 2.24) is 10.2 Å². The molecule has 6 heteroatoms. The van der Waals surface area contributed by atoms with Crippen molar-refractivity contribution in [3.05, 3.63) is 29.9 Å². The maximum Gasteiger partial charge on any atom is 0.280 e. The average Bonchev–Trinajstić information content (AvgIpc) is 2.70. The van der Waals surface area contributed by atoms with Crippen LogP contribution in [0.15, 0.2) is 22.6 Å². The summed E-state index contributed by atoms with van der Waals surface area (Å²) in [5.41, 5.74) is 0.342. The smallest absolute Gasteiger partial charge is 0.280 e. The predicted octanol–water partition coefficient (Wildman–Crippen LogP) is 1.39. The van der Waals surface area contributed by atoms with Crippen molar-refractivity contribution in [1.29, 1.82) is 0 Å². The molecule has 1 aromatic heterocycles. The summed E-state index contributed by atoms with van der Waals surface area (Å²) in [5, 5.41) is 16.0. The first-order valence-electron chi connectivity index (χ1n) is 3.98. The van der Waals surface area contributed by atoms with Gasteiger partial charge in [0.1, 0.15) is 0 Å². The molecule has 2 aromatic rings. The van der Waals surface area contributed by atoms with E-state index in [-0.39, 0.29) is 11.8 Å². The molecule has 0 unspecified atom stereocenters. The number of aldehydes is 1. The van der Waals surface area contributed by atoms with Crippen molar-refractivity contribution in [2.24, 2.45) is 0 Å². The highest BCUT2D eigenvalue weighted by atomic mass is 19.1. The lowest BCUT2D eigenvalue weighted by Gasteiger charge is -1.96. The van der Waals surface area contributed by atoms with E-state index in [2.05, 4.69) is 10.2 Å². The lowest BCUT2D eigenvalue weighted by Crippen LogP contribution is -1.80. The highest BCUT2D eigenvalue weighted by Crippen LogP contribution is 2.24. The number of halogens is 1. The number of aromatic hydroxyl groups is 1. The van der Waals surface area contributed by atoms with Crippen LogP contribution in [0.4, 0.5) is 4.39 Å². The summed E-state index contributed by atoms with van der Waals surface area (Å²) in [5.74, 6) is -1.38. The molecule has 0 amide bonds. The van der Waals surface area contributed by atoms with Crippen molar-refractivity contribution in [3.8, 4) is 17.2 Å². The average molecular weight is 208 g/mol. The quantitative estimate of drug-likeness (QED) is 0.754. The van der Waals surface area contributed by atoms with Crippen LogP contribution in [0.3, 0.4) is 0 Å². The standard InChI is InChI=1S/C9H5FN2O3/c10-6-2-1-5(3-7(6)14)9-12-11-8(4-13)15-9/h1-4,14H. The number of phenols is 1. The Hall–Kier alpha value is -2.24. The summed E-state index contributed by atoms with van der Waals surface area (Å²) in [6, 6.07) is 3.56. The van der Waals surface area contributed by atoms with Crippen molar-refractivity contribution >= 4 is 6.29 Å². The zero-order valence-electron chi connectivity index (χ0n) is 7.35. The van der Waals surface area contributed by atoms with Gasteiger partial charge < -0.3 is 9.52 Å². The van der Waals surface area contributed by atoms with Crippen molar-refractivity contribution in [2.75, 3.05) is 0 Å². The van der Waals surface area contributed by atoms with Crippen molar-refractivity contribution < 1.29 is 18.7 Å².